The van der Waals surface area contributed by atoms with E-state index in [1.807, 2.05) is 0 Å². The van der Waals surface area contributed by atoms with E-state index in [-0.39, 0.29) is 30.2 Å². The molecule has 1 aromatic heterocycles. The van der Waals surface area contributed by atoms with Gasteiger partial charge in [0.2, 0.25) is 0 Å². The second kappa shape index (κ2) is 9.37. The number of ketones is 1. The first-order valence-corrected chi connectivity index (χ1v) is 12.0. The largest absolute Gasteiger partial charge is 0.343 e. The minimum absolute atomic E-state index is 0.00278. The van der Waals surface area contributed by atoms with Gasteiger partial charge in [0.25, 0.3) is 10.2 Å². The molecule has 2 heterocycles. The lowest BCUT2D eigenvalue weighted by Gasteiger charge is -2.35. The maximum atomic E-state index is 13.4. The van der Waals surface area contributed by atoms with Gasteiger partial charge >= 0.3 is 5.69 Å². The average Bonchev–Trinajstić information content (AvgIpc) is 3.14. The van der Waals surface area contributed by atoms with Crippen LogP contribution in [-0.4, -0.2) is 46.4 Å². The second-order valence-corrected chi connectivity index (χ2v) is 10.1. The van der Waals surface area contributed by atoms with Gasteiger partial charge in [-0.1, -0.05) is 29.8 Å². The minimum Gasteiger partial charge on any atom is -0.298 e. The smallest absolute Gasteiger partial charge is 0.298 e. The van der Waals surface area contributed by atoms with Crippen molar-refractivity contribution in [2.75, 3.05) is 7.05 Å². The summed E-state index contributed by atoms with van der Waals surface area (Å²) in [6.07, 6.45) is -0.169. The Morgan fingerprint density at radius 1 is 1.18 bits per heavy atom. The van der Waals surface area contributed by atoms with Crippen LogP contribution in [0.3, 0.4) is 0 Å². The van der Waals surface area contributed by atoms with Gasteiger partial charge in [-0.05, 0) is 41.8 Å². The van der Waals surface area contributed by atoms with E-state index in [9.17, 15) is 26.8 Å². The maximum Gasteiger partial charge on any atom is 0.343 e. The summed E-state index contributed by atoms with van der Waals surface area (Å²) in [5.41, 5.74) is 0.453. The average molecular weight is 512 g/mol. The van der Waals surface area contributed by atoms with Crippen LogP contribution in [0.5, 0.6) is 0 Å². The Kier molecular flexibility index (Phi) is 6.67. The molecule has 1 fully saturated rings. The molecule has 0 bridgehead atoms. The van der Waals surface area contributed by atoms with Crippen molar-refractivity contribution in [1.82, 2.24) is 23.8 Å². The number of carbonyl (C=O) groups excluding carboxylic acids is 1. The number of aromatic amines is 1. The molecule has 0 saturated carbocycles. The third-order valence-electron chi connectivity index (χ3n) is 5.66. The van der Waals surface area contributed by atoms with Crippen LogP contribution in [0.1, 0.15) is 29.4 Å². The molecule has 180 valence electrons. The molecule has 0 aliphatic carbocycles. The Morgan fingerprint density at radius 3 is 2.53 bits per heavy atom. The second-order valence-electron chi connectivity index (χ2n) is 7.93. The zero-order valence-electron chi connectivity index (χ0n) is 17.8. The molecule has 0 amide bonds. The minimum atomic E-state index is -4.09. The summed E-state index contributed by atoms with van der Waals surface area (Å²) in [5, 5.41) is 6.14. The van der Waals surface area contributed by atoms with Crippen LogP contribution in [0.25, 0.3) is 0 Å². The number of likely N-dealkylation sites (N-methyl/N-ethyl adjacent to an activating group) is 1. The van der Waals surface area contributed by atoms with Gasteiger partial charge in [0, 0.05) is 13.5 Å². The van der Waals surface area contributed by atoms with E-state index in [2.05, 4.69) is 14.9 Å². The summed E-state index contributed by atoms with van der Waals surface area (Å²) in [6, 6.07) is 7.29. The van der Waals surface area contributed by atoms with E-state index >= 15 is 0 Å². The number of nitrogens with one attached hydrogen (secondary N) is 2. The maximum absolute atomic E-state index is 13.4. The van der Waals surface area contributed by atoms with E-state index < -0.39 is 45.4 Å². The van der Waals surface area contributed by atoms with Gasteiger partial charge in [-0.25, -0.2) is 18.7 Å². The Hall–Kier alpha value is -2.93. The molecule has 2 unspecified atom stereocenters. The Balaban J connectivity index is 1.61. The van der Waals surface area contributed by atoms with E-state index in [1.165, 1.54) is 48.0 Å². The van der Waals surface area contributed by atoms with Crippen LogP contribution in [-0.2, 0) is 28.0 Å². The van der Waals surface area contributed by atoms with E-state index in [0.29, 0.717) is 11.1 Å². The lowest BCUT2D eigenvalue weighted by atomic mass is 9.98. The van der Waals surface area contributed by atoms with Crippen molar-refractivity contribution in [3.05, 3.63) is 86.6 Å². The fourth-order valence-corrected chi connectivity index (χ4v) is 5.30. The van der Waals surface area contributed by atoms with Crippen molar-refractivity contribution < 1.29 is 22.0 Å². The van der Waals surface area contributed by atoms with Gasteiger partial charge in [-0.15, -0.1) is 0 Å². The van der Waals surface area contributed by atoms with Crippen molar-refractivity contribution in [3.8, 4) is 0 Å². The number of rotatable bonds is 6. The van der Waals surface area contributed by atoms with Gasteiger partial charge in [-0.3, -0.25) is 9.36 Å². The number of aromatic nitrogens is 3. The quantitative estimate of drug-likeness (QED) is 0.524. The van der Waals surface area contributed by atoms with Gasteiger partial charge in [0.15, 0.2) is 11.6 Å². The fraction of sp³-hybridized carbons (Fsp3) is 0.286. The molecule has 2 atom stereocenters. The summed E-state index contributed by atoms with van der Waals surface area (Å²) in [4.78, 5) is 25.4. The number of hydrogen-bond acceptors (Lipinski definition) is 5. The van der Waals surface area contributed by atoms with Crippen LogP contribution in [0.2, 0.25) is 5.02 Å². The highest BCUT2D eigenvalue weighted by Gasteiger charge is 2.42. The lowest BCUT2D eigenvalue weighted by molar-refractivity contribution is -0.122. The molecule has 13 heteroatoms. The normalized spacial score (nSPS) is 20.4. The van der Waals surface area contributed by atoms with Crippen molar-refractivity contribution in [2.45, 2.75) is 31.5 Å². The molecule has 0 radical (unpaired) electrons. The molecule has 34 heavy (non-hydrogen) atoms. The SMILES string of the molecule is CN1C(C(=O)Cc2ccc(F)c(Cl)c2)CC(c2n[nH]c(=O)n2Cc2ccc(F)cc2)NS1(=O)=O. The van der Waals surface area contributed by atoms with Crippen LogP contribution in [0.4, 0.5) is 8.78 Å². The molecule has 3 aromatic rings. The Bertz CT molecular complexity index is 1390. The van der Waals surface area contributed by atoms with Crippen molar-refractivity contribution in [2.24, 2.45) is 0 Å². The zero-order chi connectivity index (χ0) is 24.6. The molecule has 4 rings (SSSR count). The summed E-state index contributed by atoms with van der Waals surface area (Å²) in [5.74, 6) is -1.40. The lowest BCUT2D eigenvalue weighted by Crippen LogP contribution is -2.55. The molecule has 2 N–H and O–H groups in total. The monoisotopic (exact) mass is 511 g/mol. The molecule has 2 aromatic carbocycles. The number of nitrogens with zero attached hydrogens (tertiary/aromatic N) is 3. The zero-order valence-corrected chi connectivity index (χ0v) is 19.4. The van der Waals surface area contributed by atoms with Crippen LogP contribution < -0.4 is 10.4 Å². The molecule has 1 saturated heterocycles. The van der Waals surface area contributed by atoms with Gasteiger partial charge < -0.3 is 0 Å². The highest BCUT2D eigenvalue weighted by atomic mass is 35.5. The van der Waals surface area contributed by atoms with Crippen molar-refractivity contribution >= 4 is 27.6 Å². The Labute approximate surface area is 198 Å². The van der Waals surface area contributed by atoms with Gasteiger partial charge in [0.05, 0.1) is 23.7 Å². The first-order chi connectivity index (χ1) is 16.0. The summed E-state index contributed by atoms with van der Waals surface area (Å²) in [6.45, 7) is 0.0195. The molecular formula is C21H20ClF2N5O4S. The summed E-state index contributed by atoms with van der Waals surface area (Å²) >= 11 is 5.79. The molecule has 9 nitrogen and oxygen atoms in total. The standard InChI is InChI=1S/C21H20ClF2N5O4S/c1-28-18(19(30)9-13-4-7-16(24)15(22)8-13)10-17(27-34(28,32)33)20-25-26-21(31)29(20)11-12-2-5-14(23)6-3-12/h2-8,17-18,27H,9-11H2,1H3,(H,26,31). The number of carbonyl (C=O) groups is 1. The predicted octanol–water partition coefficient (Wildman–Crippen LogP) is 1.94. The van der Waals surface area contributed by atoms with Crippen LogP contribution >= 0.6 is 11.6 Å². The molecule has 1 aliphatic heterocycles. The number of benzene rings is 2. The number of H-pyrrole nitrogens is 1. The number of Topliss-reactive ketones (excluding diaryl/α,β-unsaturated/α-hetero) is 1. The molecular weight excluding hydrogens is 492 g/mol. The van der Waals surface area contributed by atoms with Crippen LogP contribution in [0, 0.1) is 11.6 Å². The topological polar surface area (TPSA) is 117 Å². The summed E-state index contributed by atoms with van der Waals surface area (Å²) in [7, 11) is -2.82. The molecule has 0 spiro atoms. The number of hydrogen-bond donors (Lipinski definition) is 2. The van der Waals surface area contributed by atoms with Crippen LogP contribution in [0.15, 0.2) is 47.3 Å². The van der Waals surface area contributed by atoms with E-state index in [0.717, 1.165) is 10.4 Å². The van der Waals surface area contributed by atoms with Crippen molar-refractivity contribution in [1.29, 1.82) is 0 Å². The first-order valence-electron chi connectivity index (χ1n) is 10.2. The predicted molar refractivity (Wildman–Crippen MR) is 119 cm³/mol. The summed E-state index contributed by atoms with van der Waals surface area (Å²) < 4.78 is 56.8. The van der Waals surface area contributed by atoms with Gasteiger partial charge in [0.1, 0.15) is 11.6 Å². The highest BCUT2D eigenvalue weighted by Crippen LogP contribution is 2.28. The van der Waals surface area contributed by atoms with Gasteiger partial charge in [-0.2, -0.15) is 22.5 Å². The third-order valence-corrected chi connectivity index (χ3v) is 7.54. The molecule has 1 aliphatic rings. The number of halogens is 3. The van der Waals surface area contributed by atoms with E-state index in [4.69, 9.17) is 11.6 Å². The fourth-order valence-electron chi connectivity index (χ4n) is 3.83. The first kappa shape index (κ1) is 24.2. The highest BCUT2D eigenvalue weighted by molar-refractivity contribution is 7.87. The van der Waals surface area contributed by atoms with Crippen molar-refractivity contribution in [3.63, 3.8) is 0 Å². The van der Waals surface area contributed by atoms with E-state index in [1.54, 1.807) is 0 Å². The third kappa shape index (κ3) is 4.94. The Morgan fingerprint density at radius 2 is 1.85 bits per heavy atom.